The van der Waals surface area contributed by atoms with Crippen molar-refractivity contribution in [1.29, 1.82) is 0 Å². The van der Waals surface area contributed by atoms with Crippen molar-refractivity contribution in [3.05, 3.63) is 54.3 Å². The summed E-state index contributed by atoms with van der Waals surface area (Å²) in [6.07, 6.45) is 0. The molecule has 2 nitrogen and oxygen atoms in total. The van der Waals surface area contributed by atoms with Crippen molar-refractivity contribution < 1.29 is 13.2 Å². The first-order valence-electron chi connectivity index (χ1n) is 4.63. The van der Waals surface area contributed by atoms with E-state index in [9.17, 15) is 13.2 Å². The van der Waals surface area contributed by atoms with Crippen LogP contribution in [0.3, 0.4) is 0 Å². The zero-order valence-electron chi connectivity index (χ0n) is 8.22. The van der Waals surface area contributed by atoms with E-state index in [0.717, 1.165) is 0 Å². The van der Waals surface area contributed by atoms with Gasteiger partial charge in [0.2, 0.25) is 0 Å². The highest BCUT2D eigenvalue weighted by Gasteiger charge is 2.08. The zero-order valence-corrected chi connectivity index (χ0v) is 9.04. The van der Waals surface area contributed by atoms with Crippen LogP contribution in [0.2, 0.25) is 0 Å². The van der Waals surface area contributed by atoms with Gasteiger partial charge in [0, 0.05) is 10.5 Å². The van der Waals surface area contributed by atoms with E-state index in [-0.39, 0.29) is 4.90 Å². The molecule has 0 spiro atoms. The molecule has 0 N–H and O–H groups in total. The lowest BCUT2D eigenvalue weighted by Crippen LogP contribution is -1.94. The summed E-state index contributed by atoms with van der Waals surface area (Å²) < 4.78 is 35.5. The standard InChI is InChI=1S/C12H9FO2S/c13-11-7-3-1-5-9(11)10-6-2-4-8-12(10)16(14)15/h1-8H,(H,14,15)/p-1. The molecule has 82 valence electrons. The van der Waals surface area contributed by atoms with Crippen LogP contribution >= 0.6 is 0 Å². The monoisotopic (exact) mass is 235 g/mol. The van der Waals surface area contributed by atoms with Gasteiger partial charge in [-0.1, -0.05) is 36.4 Å². The minimum absolute atomic E-state index is 0.104. The Labute approximate surface area is 95.0 Å². The van der Waals surface area contributed by atoms with E-state index in [1.807, 2.05) is 0 Å². The molecule has 0 heterocycles. The van der Waals surface area contributed by atoms with Gasteiger partial charge in [-0.15, -0.1) is 0 Å². The number of rotatable bonds is 2. The van der Waals surface area contributed by atoms with Crippen molar-refractivity contribution in [2.45, 2.75) is 4.90 Å². The molecule has 1 unspecified atom stereocenters. The summed E-state index contributed by atoms with van der Waals surface area (Å²) in [7, 11) is 0. The normalized spacial score (nSPS) is 12.4. The molecular weight excluding hydrogens is 227 g/mol. The Kier molecular flexibility index (Phi) is 3.12. The molecule has 0 radical (unpaired) electrons. The first kappa shape index (κ1) is 11.0. The van der Waals surface area contributed by atoms with Gasteiger partial charge in [-0.05, 0) is 28.8 Å². The molecule has 0 aromatic heterocycles. The van der Waals surface area contributed by atoms with Crippen molar-refractivity contribution in [3.63, 3.8) is 0 Å². The highest BCUT2D eigenvalue weighted by molar-refractivity contribution is 7.79. The summed E-state index contributed by atoms with van der Waals surface area (Å²) in [6.45, 7) is 0. The third kappa shape index (κ3) is 2.03. The van der Waals surface area contributed by atoms with Crippen LogP contribution in [0.25, 0.3) is 11.1 Å². The van der Waals surface area contributed by atoms with Crippen molar-refractivity contribution >= 4 is 11.1 Å². The van der Waals surface area contributed by atoms with Gasteiger partial charge in [0.05, 0.1) is 0 Å². The molecule has 0 aliphatic carbocycles. The average molecular weight is 235 g/mol. The summed E-state index contributed by atoms with van der Waals surface area (Å²) in [5.41, 5.74) is 0.677. The third-order valence-electron chi connectivity index (χ3n) is 2.23. The van der Waals surface area contributed by atoms with Gasteiger partial charge in [0.1, 0.15) is 5.82 Å². The molecule has 0 saturated carbocycles. The van der Waals surface area contributed by atoms with Crippen LogP contribution in [-0.4, -0.2) is 8.76 Å². The summed E-state index contributed by atoms with van der Waals surface area (Å²) >= 11 is -2.37. The Hall–Kier alpha value is -1.52. The van der Waals surface area contributed by atoms with Crippen molar-refractivity contribution in [2.24, 2.45) is 0 Å². The fourth-order valence-electron chi connectivity index (χ4n) is 1.51. The van der Waals surface area contributed by atoms with Gasteiger partial charge >= 0.3 is 0 Å². The van der Waals surface area contributed by atoms with Crippen LogP contribution < -0.4 is 0 Å². The van der Waals surface area contributed by atoms with Crippen LogP contribution in [0, 0.1) is 5.82 Å². The van der Waals surface area contributed by atoms with E-state index in [4.69, 9.17) is 0 Å². The second kappa shape index (κ2) is 4.55. The molecule has 0 amide bonds. The highest BCUT2D eigenvalue weighted by atomic mass is 32.2. The summed E-state index contributed by atoms with van der Waals surface area (Å²) in [5, 5.41) is 0. The molecule has 1 atom stereocenters. The maximum atomic E-state index is 13.5. The van der Waals surface area contributed by atoms with Crippen LogP contribution in [0.5, 0.6) is 0 Å². The molecule has 0 saturated heterocycles. The van der Waals surface area contributed by atoms with E-state index in [1.165, 1.54) is 12.1 Å². The maximum absolute atomic E-state index is 13.5. The molecule has 2 rings (SSSR count). The van der Waals surface area contributed by atoms with E-state index in [0.29, 0.717) is 11.1 Å². The van der Waals surface area contributed by atoms with Gasteiger partial charge in [0.15, 0.2) is 0 Å². The van der Waals surface area contributed by atoms with Crippen LogP contribution in [0.4, 0.5) is 4.39 Å². The second-order valence-corrected chi connectivity index (χ2v) is 4.12. The van der Waals surface area contributed by atoms with Gasteiger partial charge in [0.25, 0.3) is 0 Å². The number of benzene rings is 2. The largest absolute Gasteiger partial charge is 0.768 e. The van der Waals surface area contributed by atoms with Crippen LogP contribution in [-0.2, 0) is 11.1 Å². The lowest BCUT2D eigenvalue weighted by molar-refractivity contribution is 0.537. The fraction of sp³-hybridized carbons (Fsp3) is 0. The topological polar surface area (TPSA) is 40.1 Å². The second-order valence-electron chi connectivity index (χ2n) is 3.21. The van der Waals surface area contributed by atoms with Gasteiger partial charge < -0.3 is 4.55 Å². The molecule has 0 bridgehead atoms. The Morgan fingerprint density at radius 2 is 1.50 bits per heavy atom. The fourth-order valence-corrected chi connectivity index (χ4v) is 2.06. The first-order chi connectivity index (χ1) is 7.70. The van der Waals surface area contributed by atoms with Gasteiger partial charge in [-0.25, -0.2) is 4.39 Å². The van der Waals surface area contributed by atoms with Gasteiger partial charge in [-0.3, -0.25) is 4.21 Å². The predicted octanol–water partition coefficient (Wildman–Crippen LogP) is 2.73. The Morgan fingerprint density at radius 1 is 0.938 bits per heavy atom. The van der Waals surface area contributed by atoms with E-state index >= 15 is 0 Å². The molecule has 16 heavy (non-hydrogen) atoms. The number of hydrogen-bond acceptors (Lipinski definition) is 2. The first-order valence-corrected chi connectivity index (χ1v) is 5.71. The number of hydrogen-bond donors (Lipinski definition) is 0. The smallest absolute Gasteiger partial charge is 0.131 e. The Morgan fingerprint density at radius 3 is 2.12 bits per heavy atom. The lowest BCUT2D eigenvalue weighted by atomic mass is 10.1. The van der Waals surface area contributed by atoms with Crippen molar-refractivity contribution in [1.82, 2.24) is 0 Å². The van der Waals surface area contributed by atoms with E-state index in [2.05, 4.69) is 0 Å². The lowest BCUT2D eigenvalue weighted by Gasteiger charge is -2.12. The van der Waals surface area contributed by atoms with Gasteiger partial charge in [-0.2, -0.15) is 0 Å². The molecule has 0 aliphatic rings. The number of halogens is 1. The summed E-state index contributed by atoms with van der Waals surface area (Å²) in [4.78, 5) is 0.104. The van der Waals surface area contributed by atoms with E-state index < -0.39 is 16.9 Å². The van der Waals surface area contributed by atoms with Crippen molar-refractivity contribution in [3.8, 4) is 11.1 Å². The van der Waals surface area contributed by atoms with Crippen LogP contribution in [0.15, 0.2) is 53.4 Å². The molecular formula is C12H8FO2S-. The minimum Gasteiger partial charge on any atom is -0.768 e. The maximum Gasteiger partial charge on any atom is 0.131 e. The average Bonchev–Trinajstić information content (AvgIpc) is 2.29. The predicted molar refractivity (Wildman–Crippen MR) is 59.0 cm³/mol. The third-order valence-corrected chi connectivity index (χ3v) is 2.95. The Bertz CT molecular complexity index is 540. The summed E-state index contributed by atoms with van der Waals surface area (Å²) in [5.74, 6) is -0.430. The molecule has 0 fully saturated rings. The van der Waals surface area contributed by atoms with Crippen LogP contribution in [0.1, 0.15) is 0 Å². The SMILES string of the molecule is O=S([O-])c1ccccc1-c1ccccc1F. The molecule has 0 aliphatic heterocycles. The highest BCUT2D eigenvalue weighted by Crippen LogP contribution is 2.27. The Balaban J connectivity index is 2.65. The molecule has 2 aromatic carbocycles. The summed E-state index contributed by atoms with van der Waals surface area (Å²) in [6, 6.07) is 12.4. The van der Waals surface area contributed by atoms with Crippen molar-refractivity contribution in [2.75, 3.05) is 0 Å². The molecule has 4 heteroatoms. The minimum atomic E-state index is -2.37. The zero-order chi connectivity index (χ0) is 11.5. The quantitative estimate of drug-likeness (QED) is 0.751. The van der Waals surface area contributed by atoms with E-state index in [1.54, 1.807) is 36.4 Å². The molecule has 2 aromatic rings.